The van der Waals surface area contributed by atoms with Crippen molar-refractivity contribution in [3.63, 3.8) is 0 Å². The molecule has 11 nitrogen and oxygen atoms in total. The highest BCUT2D eigenvalue weighted by atomic mass is 32.2. The van der Waals surface area contributed by atoms with E-state index in [0.717, 1.165) is 32.7 Å². The molecule has 3 aromatic carbocycles. The SMILES string of the molecule is Cc1cc(NSc2ccc(N=Nc3cn(-c4ccc(SNc5ccncn5)cc4)nc3Nc3ccccc3)cc2)no1. The van der Waals surface area contributed by atoms with Gasteiger partial charge in [0.05, 0.1) is 17.6 Å². The zero-order chi connectivity index (χ0) is 28.6. The topological polar surface area (TPSA) is 130 Å². The number of para-hydroxylation sites is 1. The quantitative estimate of drug-likeness (QED) is 0.0996. The second-order valence-electron chi connectivity index (χ2n) is 8.81. The lowest BCUT2D eigenvalue weighted by Gasteiger charge is -2.06. The predicted molar refractivity (Wildman–Crippen MR) is 166 cm³/mol. The van der Waals surface area contributed by atoms with Gasteiger partial charge in [0.1, 0.15) is 23.6 Å². The molecule has 0 aliphatic rings. The van der Waals surface area contributed by atoms with Gasteiger partial charge in [-0.15, -0.1) is 10.2 Å². The van der Waals surface area contributed by atoms with Crippen LogP contribution in [0.4, 0.5) is 34.5 Å². The van der Waals surface area contributed by atoms with Crippen molar-refractivity contribution >= 4 is 58.4 Å². The first-order valence-corrected chi connectivity index (χ1v) is 14.4. The van der Waals surface area contributed by atoms with Crippen LogP contribution >= 0.6 is 23.9 Å². The Kier molecular flexibility index (Phi) is 8.38. The Morgan fingerprint density at radius 2 is 1.55 bits per heavy atom. The lowest BCUT2D eigenvalue weighted by atomic mass is 10.3. The van der Waals surface area contributed by atoms with Crippen molar-refractivity contribution in [3.05, 3.63) is 115 Å². The molecule has 6 aromatic rings. The van der Waals surface area contributed by atoms with Crippen LogP contribution in [0.2, 0.25) is 0 Å². The van der Waals surface area contributed by atoms with E-state index in [1.165, 1.54) is 30.2 Å². The standard InChI is InChI=1S/C29H24N10OS2/c1-20-17-28(36-40-20)38-42-24-11-7-22(8-12-24)33-34-26-18-39(35-29(26)32-21-5-3-2-4-6-21)23-9-13-25(14-10-23)41-37-27-15-16-30-19-31-27/h2-19H,1H3,(H,32,35)(H,36,38)(H,30,31,37). The van der Waals surface area contributed by atoms with Crippen LogP contribution in [-0.2, 0) is 0 Å². The molecular formula is C29H24N10OS2. The van der Waals surface area contributed by atoms with Gasteiger partial charge >= 0.3 is 0 Å². The van der Waals surface area contributed by atoms with Gasteiger partial charge in [-0.1, -0.05) is 23.4 Å². The minimum Gasteiger partial charge on any atom is -0.360 e. The molecule has 0 bridgehead atoms. The molecule has 3 aromatic heterocycles. The van der Waals surface area contributed by atoms with Crippen LogP contribution in [0.1, 0.15) is 5.76 Å². The second kappa shape index (κ2) is 13.0. The number of hydrogen-bond acceptors (Lipinski definition) is 12. The van der Waals surface area contributed by atoms with E-state index in [2.05, 4.69) is 40.1 Å². The third-order valence-corrected chi connectivity index (χ3v) is 7.34. The summed E-state index contributed by atoms with van der Waals surface area (Å²) in [7, 11) is 0. The van der Waals surface area contributed by atoms with Gasteiger partial charge in [-0.25, -0.2) is 14.6 Å². The van der Waals surface area contributed by atoms with Crippen molar-refractivity contribution in [1.82, 2.24) is 24.9 Å². The van der Waals surface area contributed by atoms with E-state index in [4.69, 9.17) is 9.62 Å². The first kappa shape index (κ1) is 27.1. The summed E-state index contributed by atoms with van der Waals surface area (Å²) < 4.78 is 13.2. The van der Waals surface area contributed by atoms with Crippen molar-refractivity contribution in [3.8, 4) is 5.69 Å². The molecule has 0 amide bonds. The van der Waals surface area contributed by atoms with Gasteiger partial charge in [0.2, 0.25) is 0 Å². The molecule has 42 heavy (non-hydrogen) atoms. The third kappa shape index (κ3) is 7.13. The fraction of sp³-hybridized carbons (Fsp3) is 0.0345. The Balaban J connectivity index is 1.17. The number of hydrogen-bond donors (Lipinski definition) is 3. The van der Waals surface area contributed by atoms with E-state index in [9.17, 15) is 0 Å². The van der Waals surface area contributed by atoms with Gasteiger partial charge in [-0.2, -0.15) is 5.11 Å². The number of nitrogens with one attached hydrogen (secondary N) is 3. The predicted octanol–water partition coefficient (Wildman–Crippen LogP) is 8.36. The maximum atomic E-state index is 5.08. The summed E-state index contributed by atoms with van der Waals surface area (Å²) in [5.41, 5.74) is 3.10. The molecule has 208 valence electrons. The van der Waals surface area contributed by atoms with Crippen molar-refractivity contribution in [2.45, 2.75) is 16.7 Å². The van der Waals surface area contributed by atoms with Crippen LogP contribution < -0.4 is 14.8 Å². The largest absolute Gasteiger partial charge is 0.360 e. The maximum Gasteiger partial charge on any atom is 0.180 e. The maximum absolute atomic E-state index is 5.08. The van der Waals surface area contributed by atoms with E-state index >= 15 is 0 Å². The summed E-state index contributed by atoms with van der Waals surface area (Å²) in [6.07, 6.45) is 5.06. The number of aryl methyl sites for hydroxylation is 1. The number of nitrogens with zero attached hydrogens (tertiary/aromatic N) is 7. The molecule has 3 heterocycles. The highest BCUT2D eigenvalue weighted by molar-refractivity contribution is 8.00. The van der Waals surface area contributed by atoms with Crippen molar-refractivity contribution in [1.29, 1.82) is 0 Å². The Morgan fingerprint density at radius 1 is 0.810 bits per heavy atom. The molecule has 0 aliphatic carbocycles. The van der Waals surface area contributed by atoms with Gasteiger partial charge in [-0.3, -0.25) is 0 Å². The van der Waals surface area contributed by atoms with Crippen LogP contribution in [0.3, 0.4) is 0 Å². The van der Waals surface area contributed by atoms with E-state index in [1.807, 2.05) is 104 Å². The van der Waals surface area contributed by atoms with E-state index < -0.39 is 0 Å². The number of benzene rings is 3. The molecule has 0 fully saturated rings. The summed E-state index contributed by atoms with van der Waals surface area (Å²) >= 11 is 2.91. The molecule has 0 unspecified atom stereocenters. The summed E-state index contributed by atoms with van der Waals surface area (Å²) in [5, 5.41) is 21.1. The highest BCUT2D eigenvalue weighted by Crippen LogP contribution is 2.31. The zero-order valence-electron chi connectivity index (χ0n) is 22.2. The summed E-state index contributed by atoms with van der Waals surface area (Å²) in [4.78, 5) is 10.1. The van der Waals surface area contributed by atoms with Gasteiger partial charge < -0.3 is 19.3 Å². The molecule has 0 spiro atoms. The van der Waals surface area contributed by atoms with Gasteiger partial charge in [0.25, 0.3) is 0 Å². The second-order valence-corrected chi connectivity index (χ2v) is 10.6. The fourth-order valence-corrected chi connectivity index (χ4v) is 4.87. The van der Waals surface area contributed by atoms with Gasteiger partial charge in [-0.05, 0) is 97.5 Å². The highest BCUT2D eigenvalue weighted by Gasteiger charge is 2.11. The average molecular weight is 593 g/mol. The van der Waals surface area contributed by atoms with Gasteiger partial charge in [0.15, 0.2) is 11.6 Å². The lowest BCUT2D eigenvalue weighted by Crippen LogP contribution is -1.97. The number of aromatic nitrogens is 5. The number of anilines is 4. The molecule has 0 saturated heterocycles. The van der Waals surface area contributed by atoms with Crippen molar-refractivity contribution in [2.75, 3.05) is 14.8 Å². The Morgan fingerprint density at radius 3 is 2.24 bits per heavy atom. The van der Waals surface area contributed by atoms with Crippen LogP contribution in [0.25, 0.3) is 5.69 Å². The average Bonchev–Trinajstić information content (AvgIpc) is 3.65. The van der Waals surface area contributed by atoms with E-state index in [-0.39, 0.29) is 0 Å². The molecule has 0 radical (unpaired) electrons. The summed E-state index contributed by atoms with van der Waals surface area (Å²) in [6.45, 7) is 1.85. The summed E-state index contributed by atoms with van der Waals surface area (Å²) in [5.74, 6) is 2.75. The first-order valence-electron chi connectivity index (χ1n) is 12.8. The molecular weight excluding hydrogens is 569 g/mol. The van der Waals surface area contributed by atoms with Crippen LogP contribution in [0.15, 0.2) is 134 Å². The number of azo groups is 1. The van der Waals surface area contributed by atoms with E-state index in [0.29, 0.717) is 23.0 Å². The van der Waals surface area contributed by atoms with E-state index in [1.54, 1.807) is 10.9 Å². The molecule has 0 aliphatic heterocycles. The fourth-order valence-electron chi connectivity index (χ4n) is 3.66. The monoisotopic (exact) mass is 592 g/mol. The van der Waals surface area contributed by atoms with Crippen LogP contribution in [-0.4, -0.2) is 24.9 Å². The third-order valence-electron chi connectivity index (χ3n) is 5.70. The molecule has 3 N–H and O–H groups in total. The van der Waals surface area contributed by atoms with Gasteiger partial charge in [0, 0.05) is 27.7 Å². The Hall–Kier alpha value is -5.14. The Bertz CT molecular complexity index is 1760. The molecule has 13 heteroatoms. The van der Waals surface area contributed by atoms with Crippen LogP contribution in [0.5, 0.6) is 0 Å². The molecule has 0 saturated carbocycles. The minimum absolute atomic E-state index is 0.591. The smallest absolute Gasteiger partial charge is 0.180 e. The Labute approximate surface area is 250 Å². The molecule has 6 rings (SSSR count). The van der Waals surface area contributed by atoms with Crippen molar-refractivity contribution < 1.29 is 4.52 Å². The first-order chi connectivity index (χ1) is 20.7. The number of rotatable bonds is 11. The molecule has 0 atom stereocenters. The summed E-state index contributed by atoms with van der Waals surface area (Å²) in [6, 6.07) is 29.2. The van der Waals surface area contributed by atoms with Crippen molar-refractivity contribution in [2.24, 2.45) is 10.2 Å². The lowest BCUT2D eigenvalue weighted by molar-refractivity contribution is 0.400. The zero-order valence-corrected chi connectivity index (χ0v) is 23.9. The normalized spacial score (nSPS) is 11.1. The van der Waals surface area contributed by atoms with Crippen LogP contribution in [0, 0.1) is 6.92 Å². The minimum atomic E-state index is 0.591.